The Labute approximate surface area is 160 Å². The number of hydrogen-bond acceptors (Lipinski definition) is 4. The molecule has 0 aliphatic heterocycles. The van der Waals surface area contributed by atoms with Gasteiger partial charge in [-0.05, 0) is 47.2 Å². The Bertz CT molecular complexity index is 979. The maximum absolute atomic E-state index is 12.1. The molecule has 5 heteroatoms. The summed E-state index contributed by atoms with van der Waals surface area (Å²) in [5, 5.41) is 2.06. The van der Waals surface area contributed by atoms with E-state index in [2.05, 4.69) is 15.9 Å². The number of hydrogen-bond donors (Lipinski definition) is 0. The fourth-order valence-corrected chi connectivity index (χ4v) is 2.99. The first kappa shape index (κ1) is 18.0. The third-order valence-electron chi connectivity index (χ3n) is 3.82. The summed E-state index contributed by atoms with van der Waals surface area (Å²) < 4.78 is 17.0. The molecule has 26 heavy (non-hydrogen) atoms. The molecule has 0 spiro atoms. The summed E-state index contributed by atoms with van der Waals surface area (Å²) in [6.07, 6.45) is 3.00. The zero-order chi connectivity index (χ0) is 18.5. The van der Waals surface area contributed by atoms with Crippen molar-refractivity contribution in [3.63, 3.8) is 0 Å². The highest BCUT2D eigenvalue weighted by atomic mass is 79.9. The van der Waals surface area contributed by atoms with Gasteiger partial charge in [0.2, 0.25) is 0 Å². The predicted octanol–water partition coefficient (Wildman–Crippen LogP) is 5.24. The van der Waals surface area contributed by atoms with Crippen LogP contribution in [-0.2, 0) is 4.79 Å². The van der Waals surface area contributed by atoms with E-state index in [4.69, 9.17) is 14.2 Å². The highest BCUT2D eigenvalue weighted by Crippen LogP contribution is 2.31. The van der Waals surface area contributed by atoms with Gasteiger partial charge in [0, 0.05) is 16.1 Å². The van der Waals surface area contributed by atoms with E-state index in [1.807, 2.05) is 42.5 Å². The molecule has 0 aliphatic carbocycles. The Kier molecular flexibility index (Phi) is 5.58. The largest absolute Gasteiger partial charge is 0.493 e. The van der Waals surface area contributed by atoms with Gasteiger partial charge < -0.3 is 14.2 Å². The van der Waals surface area contributed by atoms with E-state index < -0.39 is 5.97 Å². The van der Waals surface area contributed by atoms with Gasteiger partial charge in [0.05, 0.1) is 14.2 Å². The molecule has 0 amide bonds. The molecule has 3 aromatic carbocycles. The molecule has 4 nitrogen and oxygen atoms in total. The van der Waals surface area contributed by atoms with E-state index in [0.717, 1.165) is 20.8 Å². The molecule has 0 saturated heterocycles. The maximum atomic E-state index is 12.1. The summed E-state index contributed by atoms with van der Waals surface area (Å²) in [6, 6.07) is 16.9. The standard InChI is InChI=1S/C21H17BrO4/c1-24-19-5-3-4-14(21(19)25-2)8-11-20(23)26-18-10-7-15-12-17(22)9-6-16(15)13-18/h3-13H,1-2H3/b11-8+. The van der Waals surface area contributed by atoms with Crippen LogP contribution < -0.4 is 14.2 Å². The van der Waals surface area contributed by atoms with Gasteiger partial charge in [-0.3, -0.25) is 0 Å². The van der Waals surface area contributed by atoms with Gasteiger partial charge in [0.1, 0.15) is 5.75 Å². The molecular formula is C21H17BrO4. The number of ether oxygens (including phenoxy) is 3. The molecule has 3 aromatic rings. The Hall–Kier alpha value is -2.79. The second kappa shape index (κ2) is 8.06. The lowest BCUT2D eigenvalue weighted by Crippen LogP contribution is -2.03. The van der Waals surface area contributed by atoms with Crippen LogP contribution in [0.2, 0.25) is 0 Å². The minimum absolute atomic E-state index is 0.466. The molecule has 0 N–H and O–H groups in total. The predicted molar refractivity (Wildman–Crippen MR) is 106 cm³/mol. The molecule has 0 unspecified atom stereocenters. The van der Waals surface area contributed by atoms with Crippen molar-refractivity contribution in [3.05, 3.63) is 70.7 Å². The quantitative estimate of drug-likeness (QED) is 0.326. The van der Waals surface area contributed by atoms with Crippen molar-refractivity contribution in [3.8, 4) is 17.2 Å². The molecule has 0 atom stereocenters. The van der Waals surface area contributed by atoms with Crippen LogP contribution in [0.3, 0.4) is 0 Å². The van der Waals surface area contributed by atoms with E-state index in [1.165, 1.54) is 6.08 Å². The van der Waals surface area contributed by atoms with E-state index in [9.17, 15) is 4.79 Å². The number of esters is 1. The third-order valence-corrected chi connectivity index (χ3v) is 4.32. The van der Waals surface area contributed by atoms with Crippen molar-refractivity contribution in [2.24, 2.45) is 0 Å². The molecule has 132 valence electrons. The number of carbonyl (C=O) groups excluding carboxylic acids is 1. The van der Waals surface area contributed by atoms with Crippen LogP contribution in [0.4, 0.5) is 0 Å². The van der Waals surface area contributed by atoms with Gasteiger partial charge in [-0.15, -0.1) is 0 Å². The fraction of sp³-hybridized carbons (Fsp3) is 0.0952. The molecule has 0 aliphatic rings. The number of halogens is 1. The maximum Gasteiger partial charge on any atom is 0.336 e. The van der Waals surface area contributed by atoms with E-state index in [0.29, 0.717) is 17.2 Å². The number of carbonyl (C=O) groups is 1. The Morgan fingerprint density at radius 3 is 2.50 bits per heavy atom. The zero-order valence-corrected chi connectivity index (χ0v) is 15.9. The van der Waals surface area contributed by atoms with Crippen LogP contribution in [0.1, 0.15) is 5.56 Å². The topological polar surface area (TPSA) is 44.8 Å². The smallest absolute Gasteiger partial charge is 0.336 e. The molecule has 0 bridgehead atoms. The number of para-hydroxylation sites is 1. The lowest BCUT2D eigenvalue weighted by atomic mass is 10.1. The van der Waals surface area contributed by atoms with E-state index in [1.54, 1.807) is 32.4 Å². The first-order valence-corrected chi connectivity index (χ1v) is 8.70. The van der Waals surface area contributed by atoms with Gasteiger partial charge in [-0.2, -0.15) is 0 Å². The third kappa shape index (κ3) is 4.06. The number of benzene rings is 3. The van der Waals surface area contributed by atoms with Crippen LogP contribution in [0.25, 0.3) is 16.8 Å². The van der Waals surface area contributed by atoms with Crippen molar-refractivity contribution >= 4 is 38.7 Å². The lowest BCUT2D eigenvalue weighted by molar-refractivity contribution is -0.128. The normalized spacial score (nSPS) is 10.9. The van der Waals surface area contributed by atoms with Gasteiger partial charge in [-0.25, -0.2) is 4.79 Å². The highest BCUT2D eigenvalue weighted by molar-refractivity contribution is 9.10. The van der Waals surface area contributed by atoms with Crippen LogP contribution in [0.15, 0.2) is 65.1 Å². The summed E-state index contributed by atoms with van der Waals surface area (Å²) in [5.41, 5.74) is 0.729. The summed E-state index contributed by atoms with van der Waals surface area (Å²) >= 11 is 3.44. The molecule has 0 heterocycles. The fourth-order valence-electron chi connectivity index (χ4n) is 2.61. The highest BCUT2D eigenvalue weighted by Gasteiger charge is 2.08. The molecule has 0 radical (unpaired) electrons. The minimum atomic E-state index is -0.466. The average Bonchev–Trinajstić information content (AvgIpc) is 2.66. The summed E-state index contributed by atoms with van der Waals surface area (Å²) in [6.45, 7) is 0. The van der Waals surface area contributed by atoms with Gasteiger partial charge >= 0.3 is 5.97 Å². The van der Waals surface area contributed by atoms with Crippen molar-refractivity contribution in [2.45, 2.75) is 0 Å². The molecule has 0 saturated carbocycles. The second-order valence-electron chi connectivity index (χ2n) is 5.49. The lowest BCUT2D eigenvalue weighted by Gasteiger charge is -2.09. The monoisotopic (exact) mass is 412 g/mol. The Balaban J connectivity index is 1.77. The Morgan fingerprint density at radius 1 is 0.962 bits per heavy atom. The number of fused-ring (bicyclic) bond motifs is 1. The van der Waals surface area contributed by atoms with Gasteiger partial charge in [-0.1, -0.05) is 40.2 Å². The first-order chi connectivity index (χ1) is 12.6. The summed E-state index contributed by atoms with van der Waals surface area (Å²) in [7, 11) is 3.12. The second-order valence-corrected chi connectivity index (χ2v) is 6.41. The number of rotatable bonds is 5. The van der Waals surface area contributed by atoms with Crippen molar-refractivity contribution in [1.29, 1.82) is 0 Å². The van der Waals surface area contributed by atoms with Gasteiger partial charge in [0.15, 0.2) is 11.5 Å². The van der Waals surface area contributed by atoms with Crippen LogP contribution in [0, 0.1) is 0 Å². The minimum Gasteiger partial charge on any atom is -0.493 e. The molecular weight excluding hydrogens is 396 g/mol. The van der Waals surface area contributed by atoms with E-state index in [-0.39, 0.29) is 0 Å². The van der Waals surface area contributed by atoms with Crippen LogP contribution in [-0.4, -0.2) is 20.2 Å². The van der Waals surface area contributed by atoms with Crippen molar-refractivity contribution in [1.82, 2.24) is 0 Å². The average molecular weight is 413 g/mol. The summed E-state index contributed by atoms with van der Waals surface area (Å²) in [4.78, 5) is 12.1. The number of methoxy groups -OCH3 is 2. The van der Waals surface area contributed by atoms with Crippen LogP contribution >= 0.6 is 15.9 Å². The SMILES string of the molecule is COc1cccc(/C=C/C(=O)Oc2ccc3cc(Br)ccc3c2)c1OC. The van der Waals surface area contributed by atoms with E-state index >= 15 is 0 Å². The van der Waals surface area contributed by atoms with Crippen molar-refractivity contribution < 1.29 is 19.0 Å². The van der Waals surface area contributed by atoms with Crippen LogP contribution in [0.5, 0.6) is 17.2 Å². The van der Waals surface area contributed by atoms with Gasteiger partial charge in [0.25, 0.3) is 0 Å². The zero-order valence-electron chi connectivity index (χ0n) is 14.4. The molecule has 0 fully saturated rings. The Morgan fingerprint density at radius 2 is 1.73 bits per heavy atom. The summed E-state index contributed by atoms with van der Waals surface area (Å²) in [5.74, 6) is 1.19. The first-order valence-electron chi connectivity index (χ1n) is 7.91. The molecule has 3 rings (SSSR count). The molecule has 0 aromatic heterocycles. The van der Waals surface area contributed by atoms with Crippen molar-refractivity contribution in [2.75, 3.05) is 14.2 Å².